The van der Waals surface area contributed by atoms with Crippen molar-refractivity contribution >= 4 is 5.78 Å². The maximum Gasteiger partial charge on any atom is 0.419 e. The molecule has 0 atom stereocenters. The van der Waals surface area contributed by atoms with Gasteiger partial charge in [0.25, 0.3) is 0 Å². The lowest BCUT2D eigenvalue weighted by atomic mass is 10.0. The average molecular weight is 218 g/mol. The van der Waals surface area contributed by atoms with Crippen LogP contribution in [0, 0.1) is 0 Å². The van der Waals surface area contributed by atoms with E-state index < -0.39 is 17.5 Å². The second-order valence-electron chi connectivity index (χ2n) is 3.19. The number of alkyl halides is 3. The highest BCUT2D eigenvalue weighted by molar-refractivity contribution is 5.79. The highest BCUT2D eigenvalue weighted by Crippen LogP contribution is 2.37. The van der Waals surface area contributed by atoms with Crippen molar-refractivity contribution in [3.63, 3.8) is 0 Å². The third-order valence-electron chi connectivity index (χ3n) is 1.86. The predicted molar refractivity (Wildman–Crippen MR) is 47.5 cm³/mol. The molecule has 0 aromatic heterocycles. The van der Waals surface area contributed by atoms with E-state index in [0.717, 1.165) is 6.07 Å². The lowest BCUT2D eigenvalue weighted by molar-refractivity contribution is -0.139. The van der Waals surface area contributed by atoms with Gasteiger partial charge in [-0.1, -0.05) is 12.1 Å². The monoisotopic (exact) mass is 218 g/mol. The Labute approximate surface area is 84.3 Å². The molecule has 1 N–H and O–H groups in total. The molecule has 1 aromatic rings. The van der Waals surface area contributed by atoms with Gasteiger partial charge in [0.2, 0.25) is 0 Å². The number of benzene rings is 1. The second-order valence-corrected chi connectivity index (χ2v) is 3.19. The Balaban J connectivity index is 3.17. The fourth-order valence-corrected chi connectivity index (χ4v) is 1.23. The highest BCUT2D eigenvalue weighted by atomic mass is 19.4. The quantitative estimate of drug-likeness (QED) is 0.828. The standard InChI is InChI=1S/C10H9F3O2/c1-6(14)5-7-3-2-4-8(9(7)15)10(11,12)13/h2-4,15H,5H2,1H3. The Hall–Kier alpha value is -1.52. The second kappa shape index (κ2) is 3.92. The number of phenols is 1. The van der Waals surface area contributed by atoms with Gasteiger partial charge in [0.1, 0.15) is 11.5 Å². The van der Waals surface area contributed by atoms with Crippen molar-refractivity contribution in [1.82, 2.24) is 0 Å². The van der Waals surface area contributed by atoms with Crippen LogP contribution in [0.4, 0.5) is 13.2 Å². The van der Waals surface area contributed by atoms with Gasteiger partial charge in [0.05, 0.1) is 5.56 Å². The molecule has 0 heterocycles. The van der Waals surface area contributed by atoms with Crippen molar-refractivity contribution < 1.29 is 23.1 Å². The summed E-state index contributed by atoms with van der Waals surface area (Å²) in [5.74, 6) is -1.16. The van der Waals surface area contributed by atoms with E-state index in [1.54, 1.807) is 0 Å². The summed E-state index contributed by atoms with van der Waals surface area (Å²) in [7, 11) is 0. The molecule has 0 amide bonds. The first-order valence-corrected chi connectivity index (χ1v) is 4.20. The summed E-state index contributed by atoms with van der Waals surface area (Å²) >= 11 is 0. The number of carbonyl (C=O) groups is 1. The van der Waals surface area contributed by atoms with Crippen LogP contribution < -0.4 is 0 Å². The Kier molecular flexibility index (Phi) is 3.02. The first-order chi connectivity index (χ1) is 6.82. The molecule has 0 unspecified atom stereocenters. The minimum absolute atomic E-state index is 0.00248. The fourth-order valence-electron chi connectivity index (χ4n) is 1.23. The molecule has 0 saturated carbocycles. The molecule has 0 spiro atoms. The smallest absolute Gasteiger partial charge is 0.419 e. The highest BCUT2D eigenvalue weighted by Gasteiger charge is 2.34. The average Bonchev–Trinajstić information content (AvgIpc) is 2.05. The molecule has 2 nitrogen and oxygen atoms in total. The van der Waals surface area contributed by atoms with Crippen LogP contribution >= 0.6 is 0 Å². The van der Waals surface area contributed by atoms with Crippen molar-refractivity contribution in [2.24, 2.45) is 0 Å². The van der Waals surface area contributed by atoms with Gasteiger partial charge in [-0.2, -0.15) is 13.2 Å². The maximum atomic E-state index is 12.3. The van der Waals surface area contributed by atoms with E-state index in [0.29, 0.717) is 0 Å². The largest absolute Gasteiger partial charge is 0.507 e. The van der Waals surface area contributed by atoms with Gasteiger partial charge in [-0.05, 0) is 13.0 Å². The van der Waals surface area contributed by atoms with E-state index in [4.69, 9.17) is 0 Å². The van der Waals surface area contributed by atoms with Crippen molar-refractivity contribution in [2.75, 3.05) is 0 Å². The molecule has 0 saturated heterocycles. The van der Waals surface area contributed by atoms with Crippen LogP contribution in [0.25, 0.3) is 0 Å². The Morgan fingerprint density at radius 1 is 1.40 bits per heavy atom. The fraction of sp³-hybridized carbons (Fsp3) is 0.300. The van der Waals surface area contributed by atoms with E-state index in [1.165, 1.54) is 19.1 Å². The molecule has 82 valence electrons. The Morgan fingerprint density at radius 3 is 2.47 bits per heavy atom. The number of ketones is 1. The van der Waals surface area contributed by atoms with Gasteiger partial charge in [-0.3, -0.25) is 4.79 Å². The third kappa shape index (κ3) is 2.71. The number of rotatable bonds is 2. The number of hydrogen-bond acceptors (Lipinski definition) is 2. The van der Waals surface area contributed by atoms with E-state index in [2.05, 4.69) is 0 Å². The number of hydrogen-bond donors (Lipinski definition) is 1. The molecule has 0 fully saturated rings. The molecule has 0 radical (unpaired) electrons. The Morgan fingerprint density at radius 2 is 2.00 bits per heavy atom. The molecule has 0 aliphatic rings. The van der Waals surface area contributed by atoms with E-state index in [-0.39, 0.29) is 17.8 Å². The van der Waals surface area contributed by atoms with E-state index in [1.807, 2.05) is 0 Å². The van der Waals surface area contributed by atoms with E-state index >= 15 is 0 Å². The number of halogens is 3. The first kappa shape index (κ1) is 11.6. The molecular weight excluding hydrogens is 209 g/mol. The van der Waals surface area contributed by atoms with Crippen molar-refractivity contribution in [1.29, 1.82) is 0 Å². The summed E-state index contributed by atoms with van der Waals surface area (Å²) in [5, 5.41) is 9.30. The van der Waals surface area contributed by atoms with Crippen LogP contribution in [0.5, 0.6) is 5.75 Å². The molecule has 1 aromatic carbocycles. The predicted octanol–water partition coefficient (Wildman–Crippen LogP) is 2.54. The number of para-hydroxylation sites is 1. The summed E-state index contributed by atoms with van der Waals surface area (Å²) in [6.45, 7) is 1.25. The topological polar surface area (TPSA) is 37.3 Å². The molecule has 0 aliphatic carbocycles. The summed E-state index contributed by atoms with van der Waals surface area (Å²) in [5.41, 5.74) is -1.11. The first-order valence-electron chi connectivity index (χ1n) is 4.20. The van der Waals surface area contributed by atoms with Gasteiger partial charge in [-0.15, -0.1) is 0 Å². The van der Waals surface area contributed by atoms with Crippen molar-refractivity contribution in [3.05, 3.63) is 29.3 Å². The molecule has 15 heavy (non-hydrogen) atoms. The van der Waals surface area contributed by atoms with Gasteiger partial charge in [0.15, 0.2) is 0 Å². The van der Waals surface area contributed by atoms with Crippen LogP contribution in [0.15, 0.2) is 18.2 Å². The summed E-state index contributed by atoms with van der Waals surface area (Å²) in [6.07, 6.45) is -4.80. The zero-order valence-electron chi connectivity index (χ0n) is 7.93. The molecule has 5 heteroatoms. The molecule has 1 rings (SSSR count). The van der Waals surface area contributed by atoms with E-state index in [9.17, 15) is 23.1 Å². The Bertz CT molecular complexity index is 383. The van der Waals surface area contributed by atoms with Crippen LogP contribution in [0.2, 0.25) is 0 Å². The minimum Gasteiger partial charge on any atom is -0.507 e. The normalized spacial score (nSPS) is 11.5. The zero-order valence-corrected chi connectivity index (χ0v) is 7.93. The molecule has 0 aliphatic heterocycles. The third-order valence-corrected chi connectivity index (χ3v) is 1.86. The molecule has 0 bridgehead atoms. The maximum absolute atomic E-state index is 12.3. The number of aromatic hydroxyl groups is 1. The lowest BCUT2D eigenvalue weighted by Gasteiger charge is -2.11. The number of Topliss-reactive ketones (excluding diaryl/α,β-unsaturated/α-hetero) is 1. The van der Waals surface area contributed by atoms with Crippen molar-refractivity contribution in [3.8, 4) is 5.75 Å². The van der Waals surface area contributed by atoms with Crippen LogP contribution in [-0.4, -0.2) is 10.9 Å². The lowest BCUT2D eigenvalue weighted by Crippen LogP contribution is -2.07. The number of carbonyl (C=O) groups excluding carboxylic acids is 1. The summed E-state index contributed by atoms with van der Waals surface area (Å²) < 4.78 is 37.0. The van der Waals surface area contributed by atoms with Crippen LogP contribution in [0.1, 0.15) is 18.1 Å². The summed E-state index contributed by atoms with van der Waals surface area (Å²) in [6, 6.07) is 3.24. The van der Waals surface area contributed by atoms with Gasteiger partial charge < -0.3 is 5.11 Å². The zero-order chi connectivity index (χ0) is 11.6. The van der Waals surface area contributed by atoms with Crippen LogP contribution in [0.3, 0.4) is 0 Å². The SMILES string of the molecule is CC(=O)Cc1cccc(C(F)(F)F)c1O. The minimum atomic E-state index is -4.60. The number of phenolic OH excluding ortho intramolecular Hbond substituents is 1. The van der Waals surface area contributed by atoms with Gasteiger partial charge >= 0.3 is 6.18 Å². The van der Waals surface area contributed by atoms with Crippen LogP contribution in [-0.2, 0) is 17.4 Å². The van der Waals surface area contributed by atoms with Gasteiger partial charge in [0, 0.05) is 12.0 Å². The van der Waals surface area contributed by atoms with Gasteiger partial charge in [-0.25, -0.2) is 0 Å². The summed E-state index contributed by atoms with van der Waals surface area (Å²) in [4.78, 5) is 10.7. The molecular formula is C10H9F3O2. The van der Waals surface area contributed by atoms with Crippen molar-refractivity contribution in [2.45, 2.75) is 19.5 Å².